The van der Waals surface area contributed by atoms with Gasteiger partial charge in [-0.2, -0.15) is 0 Å². The summed E-state index contributed by atoms with van der Waals surface area (Å²) in [6.07, 6.45) is 9.88. The number of hydrogen-bond donors (Lipinski definition) is 1. The summed E-state index contributed by atoms with van der Waals surface area (Å²) in [6.45, 7) is 6.45. The molecule has 0 radical (unpaired) electrons. The van der Waals surface area contributed by atoms with Gasteiger partial charge in [-0.15, -0.1) is 0 Å². The molecule has 2 heterocycles. The molecule has 0 saturated heterocycles. The van der Waals surface area contributed by atoms with E-state index in [1.54, 1.807) is 0 Å². The van der Waals surface area contributed by atoms with Crippen LogP contribution in [-0.2, 0) is 13.1 Å². The topological polar surface area (TPSA) is 47.5 Å². The first kappa shape index (κ1) is 25.2. The molecule has 2 aromatic rings. The predicted molar refractivity (Wildman–Crippen MR) is 123 cm³/mol. The van der Waals surface area contributed by atoms with E-state index < -0.39 is 0 Å². The van der Waals surface area contributed by atoms with Crippen molar-refractivity contribution in [3.8, 4) is 0 Å². The van der Waals surface area contributed by atoms with Crippen LogP contribution < -0.4 is 5.32 Å². The zero-order chi connectivity index (χ0) is 21.3. The summed E-state index contributed by atoms with van der Waals surface area (Å²) >= 11 is 0. The summed E-state index contributed by atoms with van der Waals surface area (Å²) in [6, 6.07) is 8.21. The summed E-state index contributed by atoms with van der Waals surface area (Å²) in [7, 11) is 10.5. The van der Waals surface area contributed by atoms with E-state index in [-0.39, 0.29) is 0 Å². The molecule has 6 nitrogen and oxygen atoms in total. The highest BCUT2D eigenvalue weighted by Gasteiger charge is 2.00. The normalized spacial score (nSPS) is 11.0. The molecule has 162 valence electrons. The van der Waals surface area contributed by atoms with Gasteiger partial charge in [0.05, 0.1) is 0 Å². The second-order valence-electron chi connectivity index (χ2n) is 7.81. The van der Waals surface area contributed by atoms with E-state index in [1.807, 2.05) is 44.0 Å². The lowest BCUT2D eigenvalue weighted by Crippen LogP contribution is -2.23. The summed E-state index contributed by atoms with van der Waals surface area (Å²) in [5.74, 6) is 0. The molecule has 0 unspecified atom stereocenters. The van der Waals surface area contributed by atoms with Crippen LogP contribution in [0.4, 0.5) is 0 Å². The zero-order valence-corrected chi connectivity index (χ0v) is 19.0. The van der Waals surface area contributed by atoms with Crippen molar-refractivity contribution in [2.75, 3.05) is 61.4 Å². The maximum absolute atomic E-state index is 4.11. The maximum Gasteiger partial charge on any atom is 0.0312 e. The SMILES string of the molecule is CN(C)CCCN(C)Cc1cccnc1.CNCCCN(C)Cc1cccnc1. The average Bonchev–Trinajstić information content (AvgIpc) is 2.70. The monoisotopic (exact) mass is 400 g/mol. The number of nitrogens with zero attached hydrogens (tertiary/aromatic N) is 5. The highest BCUT2D eigenvalue weighted by atomic mass is 15.1. The van der Waals surface area contributed by atoms with Crippen molar-refractivity contribution in [1.82, 2.24) is 30.0 Å². The van der Waals surface area contributed by atoms with Crippen LogP contribution in [-0.4, -0.2) is 86.1 Å². The van der Waals surface area contributed by atoms with Crippen molar-refractivity contribution in [2.45, 2.75) is 25.9 Å². The van der Waals surface area contributed by atoms with Crippen LogP contribution in [0.1, 0.15) is 24.0 Å². The number of nitrogens with one attached hydrogen (secondary N) is 1. The van der Waals surface area contributed by atoms with E-state index in [0.29, 0.717) is 0 Å². The molecule has 0 fully saturated rings. The van der Waals surface area contributed by atoms with Crippen molar-refractivity contribution < 1.29 is 0 Å². The van der Waals surface area contributed by atoms with Crippen LogP contribution in [0, 0.1) is 0 Å². The smallest absolute Gasteiger partial charge is 0.0312 e. The van der Waals surface area contributed by atoms with Crippen molar-refractivity contribution in [3.63, 3.8) is 0 Å². The van der Waals surface area contributed by atoms with Crippen molar-refractivity contribution in [2.24, 2.45) is 0 Å². The molecule has 0 aliphatic rings. The fraction of sp³-hybridized carbons (Fsp3) is 0.565. The first-order valence-corrected chi connectivity index (χ1v) is 10.5. The molecule has 0 aliphatic carbocycles. The van der Waals surface area contributed by atoms with Gasteiger partial charge in [0.25, 0.3) is 0 Å². The van der Waals surface area contributed by atoms with E-state index >= 15 is 0 Å². The predicted octanol–water partition coefficient (Wildman–Crippen LogP) is 2.59. The van der Waals surface area contributed by atoms with Gasteiger partial charge in [-0.3, -0.25) is 9.97 Å². The molecule has 0 saturated carbocycles. The number of pyridine rings is 2. The highest BCUT2D eigenvalue weighted by Crippen LogP contribution is 2.01. The largest absolute Gasteiger partial charge is 0.320 e. The van der Waals surface area contributed by atoms with Crippen LogP contribution in [0.2, 0.25) is 0 Å². The Hall–Kier alpha value is -1.86. The molecule has 29 heavy (non-hydrogen) atoms. The van der Waals surface area contributed by atoms with Gasteiger partial charge in [0.15, 0.2) is 0 Å². The van der Waals surface area contributed by atoms with Gasteiger partial charge in [-0.1, -0.05) is 12.1 Å². The minimum Gasteiger partial charge on any atom is -0.320 e. The van der Waals surface area contributed by atoms with Crippen molar-refractivity contribution in [3.05, 3.63) is 60.2 Å². The molecule has 0 aliphatic heterocycles. The Bertz CT molecular complexity index is 605. The molecular weight excluding hydrogens is 360 g/mol. The third kappa shape index (κ3) is 13.9. The van der Waals surface area contributed by atoms with E-state index in [2.05, 4.69) is 70.3 Å². The Morgan fingerprint density at radius 1 is 0.759 bits per heavy atom. The van der Waals surface area contributed by atoms with Gasteiger partial charge in [0, 0.05) is 37.9 Å². The quantitative estimate of drug-likeness (QED) is 0.553. The molecule has 2 rings (SSSR count). The van der Waals surface area contributed by atoms with Crippen LogP contribution in [0.15, 0.2) is 49.1 Å². The van der Waals surface area contributed by atoms with Gasteiger partial charge in [0.2, 0.25) is 0 Å². The summed E-state index contributed by atoms with van der Waals surface area (Å²) in [5.41, 5.74) is 2.56. The Labute approximate surface area is 178 Å². The van der Waals surface area contributed by atoms with Gasteiger partial charge in [0.1, 0.15) is 0 Å². The fourth-order valence-electron chi connectivity index (χ4n) is 2.95. The third-order valence-corrected chi connectivity index (χ3v) is 4.46. The van der Waals surface area contributed by atoms with Crippen molar-refractivity contribution >= 4 is 0 Å². The fourth-order valence-corrected chi connectivity index (χ4v) is 2.95. The van der Waals surface area contributed by atoms with Crippen LogP contribution in [0.5, 0.6) is 0 Å². The molecule has 0 amide bonds. The standard InChI is InChI=1S/C12H21N3.C11H19N3/c1-14(2)8-5-9-15(3)11-12-6-4-7-13-10-12;1-12-6-4-8-14(2)10-11-5-3-7-13-9-11/h4,6-7,10H,5,8-9,11H2,1-3H3;3,5,7,9,12H,4,6,8,10H2,1-2H3. The van der Waals surface area contributed by atoms with Crippen molar-refractivity contribution in [1.29, 1.82) is 0 Å². The summed E-state index contributed by atoms with van der Waals surface area (Å²) in [5, 5.41) is 3.15. The second kappa shape index (κ2) is 16.0. The summed E-state index contributed by atoms with van der Waals surface area (Å²) in [4.78, 5) is 15.1. The third-order valence-electron chi connectivity index (χ3n) is 4.46. The summed E-state index contributed by atoms with van der Waals surface area (Å²) < 4.78 is 0. The first-order chi connectivity index (χ1) is 14.0. The van der Waals surface area contributed by atoms with E-state index in [0.717, 1.165) is 39.3 Å². The van der Waals surface area contributed by atoms with Crippen LogP contribution in [0.25, 0.3) is 0 Å². The molecule has 0 spiro atoms. The number of hydrogen-bond acceptors (Lipinski definition) is 6. The lowest BCUT2D eigenvalue weighted by atomic mass is 10.2. The van der Waals surface area contributed by atoms with Crippen LogP contribution >= 0.6 is 0 Å². The zero-order valence-electron chi connectivity index (χ0n) is 19.0. The Morgan fingerprint density at radius 3 is 1.69 bits per heavy atom. The van der Waals surface area contributed by atoms with E-state index in [9.17, 15) is 0 Å². The molecule has 2 aromatic heterocycles. The first-order valence-electron chi connectivity index (χ1n) is 10.5. The second-order valence-corrected chi connectivity index (χ2v) is 7.81. The maximum atomic E-state index is 4.11. The average molecular weight is 401 g/mol. The molecule has 0 aromatic carbocycles. The Balaban J connectivity index is 0.000000291. The van der Waals surface area contributed by atoms with Crippen LogP contribution in [0.3, 0.4) is 0 Å². The molecule has 0 bridgehead atoms. The molecule has 1 N–H and O–H groups in total. The minimum absolute atomic E-state index is 0.984. The lowest BCUT2D eigenvalue weighted by Gasteiger charge is -2.17. The van der Waals surface area contributed by atoms with E-state index in [1.165, 1.54) is 24.0 Å². The Morgan fingerprint density at radius 2 is 1.28 bits per heavy atom. The molecular formula is C23H40N6. The lowest BCUT2D eigenvalue weighted by molar-refractivity contribution is 0.294. The van der Waals surface area contributed by atoms with Gasteiger partial charge < -0.3 is 20.0 Å². The van der Waals surface area contributed by atoms with Gasteiger partial charge in [-0.05, 0) is 97.5 Å². The molecule has 0 atom stereocenters. The number of rotatable bonds is 12. The number of aromatic nitrogens is 2. The molecule has 6 heteroatoms. The van der Waals surface area contributed by atoms with Gasteiger partial charge >= 0.3 is 0 Å². The van der Waals surface area contributed by atoms with Gasteiger partial charge in [-0.25, -0.2) is 0 Å². The highest BCUT2D eigenvalue weighted by molar-refractivity contribution is 5.08. The minimum atomic E-state index is 0.984. The van der Waals surface area contributed by atoms with E-state index in [4.69, 9.17) is 0 Å². The Kier molecular flexibility index (Phi) is 13.9.